The van der Waals surface area contributed by atoms with Gasteiger partial charge in [0.2, 0.25) is 0 Å². The van der Waals surface area contributed by atoms with Gasteiger partial charge < -0.3 is 10.5 Å². The second-order valence-corrected chi connectivity index (χ2v) is 5.04. The minimum atomic E-state index is -0.541. The fourth-order valence-corrected chi connectivity index (χ4v) is 1.38. The molecule has 0 bridgehead atoms. The maximum absolute atomic E-state index is 11.8. The predicted molar refractivity (Wildman–Crippen MR) is 65.8 cm³/mol. The van der Waals surface area contributed by atoms with Gasteiger partial charge in [-0.1, -0.05) is 17.7 Å². The van der Waals surface area contributed by atoms with Crippen molar-refractivity contribution >= 4 is 23.3 Å². The number of hydrogen-bond acceptors (Lipinski definition) is 3. The highest BCUT2D eigenvalue weighted by atomic mass is 35.5. The van der Waals surface area contributed by atoms with E-state index in [0.29, 0.717) is 10.6 Å². The Morgan fingerprint density at radius 1 is 1.38 bits per heavy atom. The van der Waals surface area contributed by atoms with Gasteiger partial charge in [-0.3, -0.25) is 0 Å². The van der Waals surface area contributed by atoms with Crippen molar-refractivity contribution in [2.45, 2.75) is 33.3 Å². The Bertz CT molecular complexity index is 422. The van der Waals surface area contributed by atoms with Gasteiger partial charge in [0, 0.05) is 0 Å². The van der Waals surface area contributed by atoms with Crippen molar-refractivity contribution in [2.75, 3.05) is 5.73 Å². The maximum atomic E-state index is 11.8. The molecule has 0 amide bonds. The zero-order chi connectivity index (χ0) is 12.5. The zero-order valence-electron chi connectivity index (χ0n) is 9.93. The molecule has 0 fully saturated rings. The Balaban J connectivity index is 3.06. The number of carbonyl (C=O) groups excluding carboxylic acids is 1. The van der Waals surface area contributed by atoms with Crippen LogP contribution in [0, 0.1) is 6.92 Å². The van der Waals surface area contributed by atoms with Crippen molar-refractivity contribution in [1.29, 1.82) is 0 Å². The van der Waals surface area contributed by atoms with E-state index in [1.807, 2.05) is 6.92 Å². The van der Waals surface area contributed by atoms with Gasteiger partial charge in [-0.2, -0.15) is 0 Å². The second-order valence-electron chi connectivity index (χ2n) is 4.66. The van der Waals surface area contributed by atoms with E-state index in [1.165, 1.54) is 0 Å². The van der Waals surface area contributed by atoms with E-state index in [0.717, 1.165) is 5.56 Å². The zero-order valence-corrected chi connectivity index (χ0v) is 10.7. The number of carbonyl (C=O) groups is 1. The Kier molecular flexibility index (Phi) is 3.48. The molecule has 0 saturated carbocycles. The van der Waals surface area contributed by atoms with Crippen LogP contribution in [0.15, 0.2) is 12.1 Å². The topological polar surface area (TPSA) is 52.3 Å². The van der Waals surface area contributed by atoms with Crippen LogP contribution in [0.25, 0.3) is 0 Å². The first-order valence-electron chi connectivity index (χ1n) is 5.00. The molecule has 0 saturated heterocycles. The van der Waals surface area contributed by atoms with Crippen LogP contribution in [-0.2, 0) is 4.74 Å². The number of nitrogen functional groups attached to an aromatic ring is 1. The van der Waals surface area contributed by atoms with Gasteiger partial charge in [-0.15, -0.1) is 0 Å². The van der Waals surface area contributed by atoms with Crippen LogP contribution < -0.4 is 5.73 Å². The first-order chi connectivity index (χ1) is 7.22. The second kappa shape index (κ2) is 4.34. The molecule has 0 radical (unpaired) electrons. The Hall–Kier alpha value is -1.22. The average Bonchev–Trinajstić information content (AvgIpc) is 2.11. The number of ether oxygens (including phenoxy) is 1. The lowest BCUT2D eigenvalue weighted by atomic mass is 10.1. The van der Waals surface area contributed by atoms with Crippen molar-refractivity contribution in [3.8, 4) is 0 Å². The first kappa shape index (κ1) is 12.8. The summed E-state index contributed by atoms with van der Waals surface area (Å²) in [7, 11) is 0. The van der Waals surface area contributed by atoms with Crippen molar-refractivity contribution in [3.63, 3.8) is 0 Å². The van der Waals surface area contributed by atoms with Crippen LogP contribution in [0.1, 0.15) is 36.7 Å². The van der Waals surface area contributed by atoms with Crippen molar-refractivity contribution in [3.05, 3.63) is 28.3 Å². The van der Waals surface area contributed by atoms with Gasteiger partial charge in [0.15, 0.2) is 0 Å². The summed E-state index contributed by atoms with van der Waals surface area (Å²) in [4.78, 5) is 11.8. The molecule has 4 heteroatoms. The van der Waals surface area contributed by atoms with E-state index in [1.54, 1.807) is 32.9 Å². The molecule has 88 valence electrons. The summed E-state index contributed by atoms with van der Waals surface area (Å²) in [6.07, 6.45) is 0. The summed E-state index contributed by atoms with van der Waals surface area (Å²) in [5.41, 5.74) is 6.65. The van der Waals surface area contributed by atoms with Gasteiger partial charge in [0.1, 0.15) is 5.60 Å². The number of halogens is 1. The van der Waals surface area contributed by atoms with E-state index in [9.17, 15) is 4.79 Å². The number of aryl methyl sites for hydroxylation is 1. The molecule has 0 aromatic heterocycles. The third kappa shape index (κ3) is 2.89. The van der Waals surface area contributed by atoms with Crippen LogP contribution in [-0.4, -0.2) is 11.6 Å². The van der Waals surface area contributed by atoms with Gasteiger partial charge in [0.25, 0.3) is 0 Å². The summed E-state index contributed by atoms with van der Waals surface area (Å²) in [5.74, 6) is -0.452. The Labute approximate surface area is 101 Å². The normalized spacial score (nSPS) is 11.3. The van der Waals surface area contributed by atoms with Crippen molar-refractivity contribution in [2.24, 2.45) is 0 Å². The third-order valence-electron chi connectivity index (χ3n) is 1.99. The van der Waals surface area contributed by atoms with E-state index >= 15 is 0 Å². The molecule has 0 heterocycles. The molecule has 0 unspecified atom stereocenters. The highest BCUT2D eigenvalue weighted by Gasteiger charge is 2.20. The van der Waals surface area contributed by atoms with Gasteiger partial charge in [-0.05, 0) is 39.3 Å². The van der Waals surface area contributed by atoms with Crippen molar-refractivity contribution < 1.29 is 9.53 Å². The summed E-state index contributed by atoms with van der Waals surface area (Å²) < 4.78 is 5.22. The SMILES string of the molecule is Cc1ccc(C(=O)OC(C)(C)C)c(N)c1Cl. The molecular weight excluding hydrogens is 226 g/mol. The van der Waals surface area contributed by atoms with E-state index in [4.69, 9.17) is 22.1 Å². The average molecular weight is 242 g/mol. The molecule has 0 aliphatic carbocycles. The first-order valence-corrected chi connectivity index (χ1v) is 5.38. The minimum absolute atomic E-state index is 0.274. The van der Waals surface area contributed by atoms with Crippen LogP contribution in [0.3, 0.4) is 0 Å². The standard InChI is InChI=1S/C12H16ClNO2/c1-7-5-6-8(10(14)9(7)13)11(15)16-12(2,3)4/h5-6H,14H2,1-4H3. The molecule has 0 aliphatic rings. The summed E-state index contributed by atoms with van der Waals surface area (Å²) >= 11 is 5.97. The van der Waals surface area contributed by atoms with E-state index < -0.39 is 11.6 Å². The number of hydrogen-bond donors (Lipinski definition) is 1. The number of rotatable bonds is 1. The molecule has 1 aromatic rings. The summed E-state index contributed by atoms with van der Waals surface area (Å²) in [6.45, 7) is 7.24. The van der Waals surface area contributed by atoms with Crippen LogP contribution in [0.4, 0.5) is 5.69 Å². The van der Waals surface area contributed by atoms with Crippen molar-refractivity contribution in [1.82, 2.24) is 0 Å². The molecular formula is C12H16ClNO2. The fraction of sp³-hybridized carbons (Fsp3) is 0.417. The highest BCUT2D eigenvalue weighted by molar-refractivity contribution is 6.34. The predicted octanol–water partition coefficient (Wildman–Crippen LogP) is 3.19. The smallest absolute Gasteiger partial charge is 0.340 e. The van der Waals surface area contributed by atoms with Crippen LogP contribution >= 0.6 is 11.6 Å². The Morgan fingerprint density at radius 2 is 1.94 bits per heavy atom. The highest BCUT2D eigenvalue weighted by Crippen LogP contribution is 2.27. The molecule has 2 N–H and O–H groups in total. The minimum Gasteiger partial charge on any atom is -0.456 e. The number of esters is 1. The summed E-state index contributed by atoms with van der Waals surface area (Å²) in [5, 5.41) is 0.406. The summed E-state index contributed by atoms with van der Waals surface area (Å²) in [6, 6.07) is 3.38. The van der Waals surface area contributed by atoms with E-state index in [-0.39, 0.29) is 5.69 Å². The lowest BCUT2D eigenvalue weighted by Gasteiger charge is -2.20. The molecule has 1 rings (SSSR count). The lowest BCUT2D eigenvalue weighted by molar-refractivity contribution is 0.00708. The third-order valence-corrected chi connectivity index (χ3v) is 2.49. The Morgan fingerprint density at radius 3 is 2.44 bits per heavy atom. The molecule has 0 atom stereocenters. The monoisotopic (exact) mass is 241 g/mol. The fourth-order valence-electron chi connectivity index (χ4n) is 1.21. The molecule has 3 nitrogen and oxygen atoms in total. The maximum Gasteiger partial charge on any atom is 0.340 e. The van der Waals surface area contributed by atoms with Crippen LogP contribution in [0.2, 0.25) is 5.02 Å². The molecule has 0 aliphatic heterocycles. The largest absolute Gasteiger partial charge is 0.456 e. The molecule has 16 heavy (non-hydrogen) atoms. The molecule has 0 spiro atoms. The number of anilines is 1. The number of benzene rings is 1. The lowest BCUT2D eigenvalue weighted by Crippen LogP contribution is -2.24. The van der Waals surface area contributed by atoms with Gasteiger partial charge in [0.05, 0.1) is 16.3 Å². The van der Waals surface area contributed by atoms with Gasteiger partial charge in [-0.25, -0.2) is 4.79 Å². The number of nitrogens with two attached hydrogens (primary N) is 1. The van der Waals surface area contributed by atoms with E-state index in [2.05, 4.69) is 0 Å². The van der Waals surface area contributed by atoms with Crippen LogP contribution in [0.5, 0.6) is 0 Å². The molecule has 1 aromatic carbocycles. The van der Waals surface area contributed by atoms with Gasteiger partial charge >= 0.3 is 5.97 Å². The quantitative estimate of drug-likeness (QED) is 0.607.